The van der Waals surface area contributed by atoms with Crippen LogP contribution in [0.25, 0.3) is 27.9 Å². The van der Waals surface area contributed by atoms with Gasteiger partial charge in [-0.25, -0.2) is 9.97 Å². The molecule has 3 N–H and O–H groups in total. The van der Waals surface area contributed by atoms with Crippen molar-refractivity contribution in [2.45, 2.75) is 26.0 Å². The standard InChI is InChI=1S/C20H17ClF2N6O2/c1-2-13(16(24)30)25-20-26-14-6-4-3-5-11(14)18-27-17(28-29(18)20)12-8-7-10(21)9-15(12)31-19(22)23/h3-9,13,19H,2H2,1H3,(H2,24,30)(H,25,26). The minimum absolute atomic E-state index is 0.126. The van der Waals surface area contributed by atoms with Crippen LogP contribution in [0.4, 0.5) is 14.7 Å². The lowest BCUT2D eigenvalue weighted by Gasteiger charge is -2.15. The van der Waals surface area contributed by atoms with Crippen LogP contribution >= 0.6 is 11.6 Å². The second kappa shape index (κ2) is 8.31. The molecular formula is C20H17ClF2N6O2. The predicted octanol–water partition coefficient (Wildman–Crippen LogP) is 3.88. The van der Waals surface area contributed by atoms with E-state index < -0.39 is 18.6 Å². The molecular weight excluding hydrogens is 430 g/mol. The van der Waals surface area contributed by atoms with E-state index in [4.69, 9.17) is 17.3 Å². The van der Waals surface area contributed by atoms with Crippen molar-refractivity contribution >= 4 is 40.0 Å². The van der Waals surface area contributed by atoms with E-state index in [2.05, 4.69) is 25.1 Å². The van der Waals surface area contributed by atoms with Crippen molar-refractivity contribution in [1.82, 2.24) is 19.6 Å². The summed E-state index contributed by atoms with van der Waals surface area (Å²) >= 11 is 5.94. The molecule has 0 fully saturated rings. The number of alkyl halides is 2. The molecule has 2 aromatic heterocycles. The molecule has 1 unspecified atom stereocenters. The maximum Gasteiger partial charge on any atom is 0.387 e. The van der Waals surface area contributed by atoms with Gasteiger partial charge in [0.05, 0.1) is 11.1 Å². The van der Waals surface area contributed by atoms with Gasteiger partial charge in [-0.15, -0.1) is 5.10 Å². The van der Waals surface area contributed by atoms with Gasteiger partial charge in [0.2, 0.25) is 11.9 Å². The smallest absolute Gasteiger partial charge is 0.387 e. The van der Waals surface area contributed by atoms with Gasteiger partial charge in [0.15, 0.2) is 11.5 Å². The lowest BCUT2D eigenvalue weighted by atomic mass is 10.2. The van der Waals surface area contributed by atoms with Crippen LogP contribution in [0.3, 0.4) is 0 Å². The Balaban J connectivity index is 1.93. The average Bonchev–Trinajstić information content (AvgIpc) is 3.17. The van der Waals surface area contributed by atoms with E-state index in [0.29, 0.717) is 23.0 Å². The molecule has 11 heteroatoms. The maximum absolute atomic E-state index is 12.9. The second-order valence-electron chi connectivity index (χ2n) is 6.65. The zero-order valence-electron chi connectivity index (χ0n) is 16.2. The van der Waals surface area contributed by atoms with Crippen LogP contribution in [0.2, 0.25) is 5.02 Å². The van der Waals surface area contributed by atoms with Crippen molar-refractivity contribution in [2.75, 3.05) is 5.32 Å². The van der Waals surface area contributed by atoms with E-state index in [0.717, 1.165) is 0 Å². The SMILES string of the molecule is CCC(Nc1nc2ccccc2c2nc(-c3ccc(Cl)cc3OC(F)F)nn12)C(N)=O. The van der Waals surface area contributed by atoms with E-state index >= 15 is 0 Å². The first-order valence-corrected chi connectivity index (χ1v) is 9.71. The highest BCUT2D eigenvalue weighted by atomic mass is 35.5. The number of rotatable bonds is 7. The van der Waals surface area contributed by atoms with Crippen molar-refractivity contribution in [3.63, 3.8) is 0 Å². The van der Waals surface area contributed by atoms with Gasteiger partial charge in [-0.1, -0.05) is 30.7 Å². The predicted molar refractivity (Wildman–Crippen MR) is 112 cm³/mol. The van der Waals surface area contributed by atoms with Gasteiger partial charge in [0, 0.05) is 10.4 Å². The summed E-state index contributed by atoms with van der Waals surface area (Å²) in [6, 6.07) is 10.8. The Morgan fingerprint density at radius 2 is 2.03 bits per heavy atom. The molecule has 160 valence electrons. The summed E-state index contributed by atoms with van der Waals surface area (Å²) in [4.78, 5) is 20.8. The lowest BCUT2D eigenvalue weighted by Crippen LogP contribution is -2.35. The first kappa shape index (κ1) is 20.7. The van der Waals surface area contributed by atoms with Gasteiger partial charge in [-0.05, 0) is 36.8 Å². The van der Waals surface area contributed by atoms with E-state index in [1.54, 1.807) is 13.0 Å². The summed E-state index contributed by atoms with van der Waals surface area (Å²) in [7, 11) is 0. The summed E-state index contributed by atoms with van der Waals surface area (Å²) in [5.74, 6) is -0.339. The Kier molecular flexibility index (Phi) is 5.55. The Morgan fingerprint density at radius 1 is 1.26 bits per heavy atom. The van der Waals surface area contributed by atoms with Crippen LogP contribution < -0.4 is 15.8 Å². The lowest BCUT2D eigenvalue weighted by molar-refractivity contribution is -0.118. The minimum Gasteiger partial charge on any atom is -0.434 e. The number of nitrogens with two attached hydrogens (primary N) is 1. The Morgan fingerprint density at radius 3 is 2.74 bits per heavy atom. The van der Waals surface area contributed by atoms with Crippen LogP contribution in [-0.2, 0) is 4.79 Å². The second-order valence-corrected chi connectivity index (χ2v) is 7.09. The molecule has 0 spiro atoms. The summed E-state index contributed by atoms with van der Waals surface area (Å²) < 4.78 is 31.8. The Labute approximate surface area is 180 Å². The van der Waals surface area contributed by atoms with Gasteiger partial charge in [0.1, 0.15) is 11.8 Å². The number of carbonyl (C=O) groups excluding carboxylic acids is 1. The van der Waals surface area contributed by atoms with E-state index in [9.17, 15) is 13.6 Å². The van der Waals surface area contributed by atoms with Gasteiger partial charge in [-0.2, -0.15) is 13.3 Å². The Hall–Kier alpha value is -3.53. The number of ether oxygens (including phenoxy) is 1. The van der Waals surface area contributed by atoms with Crippen molar-refractivity contribution in [3.05, 3.63) is 47.5 Å². The number of carbonyl (C=O) groups is 1. The number of halogens is 3. The van der Waals surface area contributed by atoms with Crippen LogP contribution in [0.15, 0.2) is 42.5 Å². The van der Waals surface area contributed by atoms with Gasteiger partial charge >= 0.3 is 6.61 Å². The maximum atomic E-state index is 12.9. The number of fused-ring (bicyclic) bond motifs is 3. The van der Waals surface area contributed by atoms with Crippen LogP contribution in [0.1, 0.15) is 13.3 Å². The van der Waals surface area contributed by atoms with Crippen molar-refractivity contribution < 1.29 is 18.3 Å². The molecule has 2 aromatic carbocycles. The molecule has 31 heavy (non-hydrogen) atoms. The summed E-state index contributed by atoms with van der Waals surface area (Å²) in [6.45, 7) is -1.25. The van der Waals surface area contributed by atoms with Gasteiger partial charge in [0.25, 0.3) is 0 Å². The molecule has 4 rings (SSSR count). The number of primary amides is 1. The average molecular weight is 447 g/mol. The fourth-order valence-electron chi connectivity index (χ4n) is 3.17. The third-order valence-electron chi connectivity index (χ3n) is 4.63. The number of amides is 1. The normalized spacial score (nSPS) is 12.4. The van der Waals surface area contributed by atoms with E-state index in [1.165, 1.54) is 22.7 Å². The van der Waals surface area contributed by atoms with Gasteiger partial charge in [-0.3, -0.25) is 4.79 Å². The quantitative estimate of drug-likeness (QED) is 0.446. The number of hydrogen-bond acceptors (Lipinski definition) is 6. The summed E-state index contributed by atoms with van der Waals surface area (Å²) in [6.07, 6.45) is 0.427. The zero-order valence-corrected chi connectivity index (χ0v) is 17.0. The highest BCUT2D eigenvalue weighted by Gasteiger charge is 2.21. The number of nitrogens with one attached hydrogen (secondary N) is 1. The Bertz CT molecular complexity index is 1280. The molecule has 1 amide bonds. The number of anilines is 1. The van der Waals surface area contributed by atoms with Crippen LogP contribution in [-0.4, -0.2) is 38.1 Å². The fourth-order valence-corrected chi connectivity index (χ4v) is 3.33. The van der Waals surface area contributed by atoms with E-state index in [-0.39, 0.29) is 28.1 Å². The number of nitrogens with zero attached hydrogens (tertiary/aromatic N) is 4. The van der Waals surface area contributed by atoms with Crippen molar-refractivity contribution in [2.24, 2.45) is 5.73 Å². The fraction of sp³-hybridized carbons (Fsp3) is 0.200. The summed E-state index contributed by atoms with van der Waals surface area (Å²) in [5, 5.41) is 8.34. The molecule has 0 aliphatic carbocycles. The molecule has 0 saturated carbocycles. The first-order valence-electron chi connectivity index (χ1n) is 9.33. The topological polar surface area (TPSA) is 107 Å². The number of para-hydroxylation sites is 1. The van der Waals surface area contributed by atoms with E-state index in [1.807, 2.05) is 18.2 Å². The van der Waals surface area contributed by atoms with Crippen LogP contribution in [0, 0.1) is 0 Å². The molecule has 2 heterocycles. The monoisotopic (exact) mass is 446 g/mol. The molecule has 0 bridgehead atoms. The number of hydrogen-bond donors (Lipinski definition) is 2. The van der Waals surface area contributed by atoms with Crippen molar-refractivity contribution in [1.29, 1.82) is 0 Å². The first-order chi connectivity index (χ1) is 14.9. The third-order valence-corrected chi connectivity index (χ3v) is 4.87. The highest BCUT2D eigenvalue weighted by Crippen LogP contribution is 2.33. The number of aromatic nitrogens is 4. The largest absolute Gasteiger partial charge is 0.434 e. The molecule has 8 nitrogen and oxygen atoms in total. The third kappa shape index (κ3) is 4.06. The molecule has 1 atom stereocenters. The molecule has 0 radical (unpaired) electrons. The minimum atomic E-state index is -3.05. The van der Waals surface area contributed by atoms with Gasteiger partial charge < -0.3 is 15.8 Å². The molecule has 0 saturated heterocycles. The number of benzene rings is 2. The molecule has 0 aliphatic rings. The summed E-state index contributed by atoms with van der Waals surface area (Å²) in [5.41, 5.74) is 6.71. The van der Waals surface area contributed by atoms with Crippen LogP contribution in [0.5, 0.6) is 5.75 Å². The zero-order chi connectivity index (χ0) is 22.1. The van der Waals surface area contributed by atoms with Crippen molar-refractivity contribution in [3.8, 4) is 17.1 Å². The molecule has 4 aromatic rings. The highest BCUT2D eigenvalue weighted by molar-refractivity contribution is 6.30. The molecule has 0 aliphatic heterocycles.